The number of hydrogen-bond acceptors (Lipinski definition) is 3. The number of pyridine rings is 1. The Bertz CT molecular complexity index is 763. The van der Waals surface area contributed by atoms with Gasteiger partial charge in [0.1, 0.15) is 0 Å². The number of aromatic nitrogens is 1. The van der Waals surface area contributed by atoms with Gasteiger partial charge in [0.25, 0.3) is 0 Å². The van der Waals surface area contributed by atoms with E-state index in [1.165, 1.54) is 0 Å². The first kappa shape index (κ1) is 13.5. The number of hydrogen-bond donors (Lipinski definition) is 1. The van der Waals surface area contributed by atoms with E-state index in [0.717, 1.165) is 16.3 Å². The van der Waals surface area contributed by atoms with Gasteiger partial charge in [0, 0.05) is 29.9 Å². The van der Waals surface area contributed by atoms with Crippen LogP contribution in [0.3, 0.4) is 0 Å². The third kappa shape index (κ3) is 2.56. The normalized spacial score (nSPS) is 12.2. The first-order valence-corrected chi connectivity index (χ1v) is 6.93. The molecule has 21 heavy (non-hydrogen) atoms. The molecule has 1 heterocycles. The Balaban J connectivity index is 2.07. The van der Waals surface area contributed by atoms with Gasteiger partial charge in [0.15, 0.2) is 5.78 Å². The highest BCUT2D eigenvalue weighted by atomic mass is 16.1. The molecule has 3 rings (SSSR count). The first-order chi connectivity index (χ1) is 10.3. The highest BCUT2D eigenvalue weighted by Crippen LogP contribution is 2.25. The van der Waals surface area contributed by atoms with E-state index in [1.54, 1.807) is 12.4 Å². The van der Waals surface area contributed by atoms with E-state index in [-0.39, 0.29) is 11.7 Å². The molecule has 0 fully saturated rings. The van der Waals surface area contributed by atoms with Crippen molar-refractivity contribution in [2.45, 2.75) is 5.92 Å². The molecule has 1 atom stereocenters. The Morgan fingerprint density at radius 1 is 1.05 bits per heavy atom. The second kappa shape index (κ2) is 5.85. The smallest absolute Gasteiger partial charge is 0.172 e. The van der Waals surface area contributed by atoms with Crippen LogP contribution in [0.1, 0.15) is 21.8 Å². The number of nitrogens with two attached hydrogens (primary N) is 1. The number of benzene rings is 2. The highest BCUT2D eigenvalue weighted by Gasteiger charge is 2.21. The lowest BCUT2D eigenvalue weighted by atomic mass is 9.89. The number of fused-ring (bicyclic) bond motifs is 1. The Morgan fingerprint density at radius 2 is 1.86 bits per heavy atom. The van der Waals surface area contributed by atoms with Gasteiger partial charge in [0.2, 0.25) is 0 Å². The minimum atomic E-state index is -0.315. The third-order valence-electron chi connectivity index (χ3n) is 3.70. The SMILES string of the molecule is NCC(C(=O)c1cccc2cnccc12)c1ccccc1. The molecule has 0 saturated carbocycles. The standard InChI is InChI=1S/C18H16N2O/c19-11-17(13-5-2-1-3-6-13)18(21)16-8-4-7-14-12-20-10-9-15(14)16/h1-10,12,17H,11,19H2. The van der Waals surface area contributed by atoms with E-state index in [2.05, 4.69) is 4.98 Å². The number of nitrogens with zero attached hydrogens (tertiary/aromatic N) is 1. The fourth-order valence-electron chi connectivity index (χ4n) is 2.60. The Kier molecular flexibility index (Phi) is 3.75. The zero-order valence-corrected chi connectivity index (χ0v) is 11.6. The van der Waals surface area contributed by atoms with Crippen molar-refractivity contribution in [3.05, 3.63) is 78.1 Å². The number of carbonyl (C=O) groups is 1. The van der Waals surface area contributed by atoms with E-state index in [4.69, 9.17) is 5.73 Å². The molecule has 2 N–H and O–H groups in total. The lowest BCUT2D eigenvalue weighted by Crippen LogP contribution is -2.22. The van der Waals surface area contributed by atoms with Crippen molar-refractivity contribution in [2.75, 3.05) is 6.54 Å². The van der Waals surface area contributed by atoms with Crippen LogP contribution in [-0.2, 0) is 0 Å². The molecule has 0 radical (unpaired) electrons. The molecule has 1 unspecified atom stereocenters. The van der Waals surface area contributed by atoms with Crippen molar-refractivity contribution in [3.8, 4) is 0 Å². The number of Topliss-reactive ketones (excluding diaryl/α,β-unsaturated/α-hetero) is 1. The maximum atomic E-state index is 12.9. The fraction of sp³-hybridized carbons (Fsp3) is 0.111. The molecule has 0 bridgehead atoms. The molecule has 3 nitrogen and oxygen atoms in total. The minimum Gasteiger partial charge on any atom is -0.329 e. The Labute approximate surface area is 123 Å². The summed E-state index contributed by atoms with van der Waals surface area (Å²) in [5.41, 5.74) is 7.51. The summed E-state index contributed by atoms with van der Waals surface area (Å²) in [5, 5.41) is 1.89. The zero-order valence-electron chi connectivity index (χ0n) is 11.6. The predicted molar refractivity (Wildman–Crippen MR) is 84.3 cm³/mol. The van der Waals surface area contributed by atoms with Gasteiger partial charge in [-0.15, -0.1) is 0 Å². The fourth-order valence-corrected chi connectivity index (χ4v) is 2.60. The summed E-state index contributed by atoms with van der Waals surface area (Å²) in [7, 11) is 0. The third-order valence-corrected chi connectivity index (χ3v) is 3.70. The highest BCUT2D eigenvalue weighted by molar-refractivity contribution is 6.10. The summed E-state index contributed by atoms with van der Waals surface area (Å²) in [4.78, 5) is 17.0. The molecule has 0 amide bonds. The van der Waals surface area contributed by atoms with Gasteiger partial charge >= 0.3 is 0 Å². The second-order valence-corrected chi connectivity index (χ2v) is 4.97. The van der Waals surface area contributed by atoms with Gasteiger partial charge in [-0.25, -0.2) is 0 Å². The van der Waals surface area contributed by atoms with Crippen LogP contribution in [0.5, 0.6) is 0 Å². The molecular weight excluding hydrogens is 260 g/mol. The van der Waals surface area contributed by atoms with Crippen LogP contribution in [-0.4, -0.2) is 17.3 Å². The number of ketones is 1. The van der Waals surface area contributed by atoms with Gasteiger partial charge in [0.05, 0.1) is 5.92 Å². The molecular formula is C18H16N2O. The molecule has 1 aromatic heterocycles. The molecule has 0 spiro atoms. The summed E-state index contributed by atoms with van der Waals surface area (Å²) < 4.78 is 0. The van der Waals surface area contributed by atoms with Crippen LogP contribution in [0.4, 0.5) is 0 Å². The summed E-state index contributed by atoms with van der Waals surface area (Å²) in [6, 6.07) is 17.3. The summed E-state index contributed by atoms with van der Waals surface area (Å²) in [6.45, 7) is 0.296. The largest absolute Gasteiger partial charge is 0.329 e. The lowest BCUT2D eigenvalue weighted by molar-refractivity contribution is 0.0964. The lowest BCUT2D eigenvalue weighted by Gasteiger charge is -2.15. The topological polar surface area (TPSA) is 56.0 Å². The average Bonchev–Trinajstić information content (AvgIpc) is 2.56. The Hall–Kier alpha value is -2.52. The van der Waals surface area contributed by atoms with Crippen molar-refractivity contribution in [3.63, 3.8) is 0 Å². The molecule has 2 aromatic carbocycles. The van der Waals surface area contributed by atoms with Crippen molar-refractivity contribution >= 4 is 16.6 Å². The maximum Gasteiger partial charge on any atom is 0.172 e. The van der Waals surface area contributed by atoms with Crippen LogP contribution in [0.2, 0.25) is 0 Å². The van der Waals surface area contributed by atoms with E-state index in [9.17, 15) is 4.79 Å². The molecule has 0 aliphatic carbocycles. The molecule has 104 valence electrons. The van der Waals surface area contributed by atoms with Crippen LogP contribution in [0.15, 0.2) is 67.0 Å². The predicted octanol–water partition coefficient (Wildman–Crippen LogP) is 3.16. The molecule has 3 aromatic rings. The Morgan fingerprint density at radius 3 is 2.62 bits per heavy atom. The molecule has 0 saturated heterocycles. The van der Waals surface area contributed by atoms with Crippen molar-refractivity contribution in [2.24, 2.45) is 5.73 Å². The number of rotatable bonds is 4. The van der Waals surface area contributed by atoms with Crippen LogP contribution >= 0.6 is 0 Å². The monoisotopic (exact) mass is 276 g/mol. The average molecular weight is 276 g/mol. The maximum absolute atomic E-state index is 12.9. The summed E-state index contributed by atoms with van der Waals surface area (Å²) in [6.07, 6.45) is 3.48. The summed E-state index contributed by atoms with van der Waals surface area (Å²) >= 11 is 0. The van der Waals surface area contributed by atoms with Crippen LogP contribution in [0.25, 0.3) is 10.8 Å². The van der Waals surface area contributed by atoms with E-state index in [0.29, 0.717) is 12.1 Å². The van der Waals surface area contributed by atoms with Crippen LogP contribution in [0, 0.1) is 0 Å². The van der Waals surface area contributed by atoms with E-state index in [1.807, 2.05) is 54.6 Å². The number of carbonyl (C=O) groups excluding carboxylic acids is 1. The second-order valence-electron chi connectivity index (χ2n) is 4.97. The van der Waals surface area contributed by atoms with Gasteiger partial charge in [-0.1, -0.05) is 48.5 Å². The molecule has 0 aliphatic heterocycles. The van der Waals surface area contributed by atoms with E-state index < -0.39 is 0 Å². The van der Waals surface area contributed by atoms with Crippen molar-refractivity contribution in [1.82, 2.24) is 4.98 Å². The van der Waals surface area contributed by atoms with Gasteiger partial charge < -0.3 is 5.73 Å². The zero-order chi connectivity index (χ0) is 14.7. The van der Waals surface area contributed by atoms with Gasteiger partial charge in [-0.2, -0.15) is 0 Å². The van der Waals surface area contributed by atoms with E-state index >= 15 is 0 Å². The quantitative estimate of drug-likeness (QED) is 0.745. The van der Waals surface area contributed by atoms with Gasteiger partial charge in [-0.05, 0) is 17.0 Å². The first-order valence-electron chi connectivity index (χ1n) is 6.93. The summed E-state index contributed by atoms with van der Waals surface area (Å²) in [5.74, 6) is -0.259. The minimum absolute atomic E-state index is 0.0560. The molecule has 3 heteroatoms. The van der Waals surface area contributed by atoms with Crippen LogP contribution < -0.4 is 5.73 Å². The van der Waals surface area contributed by atoms with Gasteiger partial charge in [-0.3, -0.25) is 9.78 Å². The van der Waals surface area contributed by atoms with Crippen molar-refractivity contribution in [1.29, 1.82) is 0 Å². The van der Waals surface area contributed by atoms with Crippen molar-refractivity contribution < 1.29 is 4.79 Å². The molecule has 0 aliphatic rings.